The fourth-order valence-corrected chi connectivity index (χ4v) is 5.70. The molecule has 0 saturated carbocycles. The van der Waals surface area contributed by atoms with Crippen LogP contribution in [-0.4, -0.2) is 22.3 Å². The Labute approximate surface area is 232 Å². The molecule has 0 radical (unpaired) electrons. The second-order valence-electron chi connectivity index (χ2n) is 10.2. The Bertz CT molecular complexity index is 1920. The Kier molecular flexibility index (Phi) is 5.64. The van der Waals surface area contributed by atoms with Gasteiger partial charge >= 0.3 is 0 Å². The molecular formula is C34H27N5O. The van der Waals surface area contributed by atoms with Gasteiger partial charge in [0.15, 0.2) is 0 Å². The Hall–Kier alpha value is -5.28. The van der Waals surface area contributed by atoms with Crippen molar-refractivity contribution in [3.8, 4) is 23.4 Å². The second-order valence-corrected chi connectivity index (χ2v) is 10.2. The molecule has 6 heteroatoms. The molecule has 3 heterocycles. The van der Waals surface area contributed by atoms with Gasteiger partial charge in [0.1, 0.15) is 17.3 Å². The standard InChI is InChI=1S/C34H27N5O/c1-23(2)37-22-38(31-15-6-5-14-30(31)37)25-10-9-11-26(19-25)40-27-18-24(21-35)34-28-12-3-4-13-29(28)39(32(34)20-27)33-16-7-8-17-36-33/h3-20,23H,22H2,1-2H3. The van der Waals surface area contributed by atoms with Crippen LogP contribution in [0.1, 0.15) is 19.4 Å². The van der Waals surface area contributed by atoms with E-state index in [4.69, 9.17) is 4.74 Å². The lowest BCUT2D eigenvalue weighted by Crippen LogP contribution is -2.33. The van der Waals surface area contributed by atoms with Crippen LogP contribution in [0.4, 0.5) is 17.1 Å². The fourth-order valence-electron chi connectivity index (χ4n) is 5.70. The first-order valence-electron chi connectivity index (χ1n) is 13.4. The van der Waals surface area contributed by atoms with E-state index in [2.05, 4.69) is 87.8 Å². The van der Waals surface area contributed by atoms with Gasteiger partial charge in [-0.3, -0.25) is 4.57 Å². The van der Waals surface area contributed by atoms with Crippen molar-refractivity contribution in [2.24, 2.45) is 0 Å². The molecule has 6 aromatic rings. The second kappa shape index (κ2) is 9.48. The third kappa shape index (κ3) is 3.83. The number of hydrogen-bond acceptors (Lipinski definition) is 5. The summed E-state index contributed by atoms with van der Waals surface area (Å²) < 4.78 is 8.55. The third-order valence-electron chi connectivity index (χ3n) is 7.51. The zero-order valence-electron chi connectivity index (χ0n) is 22.3. The number of pyridine rings is 1. The summed E-state index contributed by atoms with van der Waals surface area (Å²) in [6, 6.07) is 37.2. The largest absolute Gasteiger partial charge is 0.457 e. The van der Waals surface area contributed by atoms with Gasteiger partial charge in [0, 0.05) is 40.8 Å². The summed E-state index contributed by atoms with van der Waals surface area (Å²) in [6.45, 7) is 5.20. The van der Waals surface area contributed by atoms with Crippen LogP contribution in [0.3, 0.4) is 0 Å². The number of fused-ring (bicyclic) bond motifs is 4. The molecule has 0 saturated heterocycles. The van der Waals surface area contributed by atoms with E-state index >= 15 is 0 Å². The van der Waals surface area contributed by atoms with E-state index in [-0.39, 0.29) is 0 Å². The molecule has 0 fully saturated rings. The quantitative estimate of drug-likeness (QED) is 0.229. The third-order valence-corrected chi connectivity index (χ3v) is 7.51. The highest BCUT2D eigenvalue weighted by atomic mass is 16.5. The van der Waals surface area contributed by atoms with Gasteiger partial charge in [0.2, 0.25) is 0 Å². The van der Waals surface area contributed by atoms with E-state index in [0.29, 0.717) is 23.1 Å². The average Bonchev–Trinajstić information content (AvgIpc) is 3.54. The number of nitrogens with zero attached hydrogens (tertiary/aromatic N) is 5. The molecular weight excluding hydrogens is 494 g/mol. The maximum Gasteiger partial charge on any atom is 0.137 e. The maximum absolute atomic E-state index is 10.2. The van der Waals surface area contributed by atoms with E-state index in [1.807, 2.05) is 54.6 Å². The van der Waals surface area contributed by atoms with Gasteiger partial charge in [-0.15, -0.1) is 0 Å². The van der Waals surface area contributed by atoms with Gasteiger partial charge in [-0.1, -0.05) is 42.5 Å². The monoisotopic (exact) mass is 521 g/mol. The van der Waals surface area contributed by atoms with Gasteiger partial charge in [0.05, 0.1) is 40.7 Å². The van der Waals surface area contributed by atoms with Crippen LogP contribution < -0.4 is 14.5 Å². The predicted octanol–water partition coefficient (Wildman–Crippen LogP) is 8.17. The Morgan fingerprint density at radius 3 is 2.40 bits per heavy atom. The van der Waals surface area contributed by atoms with Crippen molar-refractivity contribution >= 4 is 38.9 Å². The van der Waals surface area contributed by atoms with E-state index in [1.54, 1.807) is 6.20 Å². The number of anilines is 3. The Morgan fingerprint density at radius 2 is 1.60 bits per heavy atom. The molecule has 0 amide bonds. The summed E-state index contributed by atoms with van der Waals surface area (Å²) >= 11 is 0. The van der Waals surface area contributed by atoms with Gasteiger partial charge < -0.3 is 14.5 Å². The van der Waals surface area contributed by atoms with E-state index in [1.165, 1.54) is 11.4 Å². The van der Waals surface area contributed by atoms with Crippen molar-refractivity contribution in [3.63, 3.8) is 0 Å². The van der Waals surface area contributed by atoms with Crippen molar-refractivity contribution in [1.82, 2.24) is 9.55 Å². The summed E-state index contributed by atoms with van der Waals surface area (Å²) in [7, 11) is 0. The molecule has 0 aliphatic carbocycles. The lowest BCUT2D eigenvalue weighted by molar-refractivity contribution is 0.483. The van der Waals surface area contributed by atoms with Crippen LogP contribution >= 0.6 is 0 Å². The number of ether oxygens (including phenoxy) is 1. The zero-order valence-corrected chi connectivity index (χ0v) is 22.3. The zero-order chi connectivity index (χ0) is 27.2. The molecule has 0 unspecified atom stereocenters. The highest BCUT2D eigenvalue weighted by molar-refractivity contribution is 6.12. The lowest BCUT2D eigenvalue weighted by atomic mass is 10.1. The molecule has 2 aromatic heterocycles. The maximum atomic E-state index is 10.2. The van der Waals surface area contributed by atoms with Crippen molar-refractivity contribution in [2.45, 2.75) is 19.9 Å². The molecule has 0 atom stereocenters. The first kappa shape index (κ1) is 23.8. The number of rotatable bonds is 5. The Balaban J connectivity index is 1.32. The molecule has 0 bridgehead atoms. The van der Waals surface area contributed by atoms with Crippen LogP contribution in [0.5, 0.6) is 11.5 Å². The van der Waals surface area contributed by atoms with Crippen LogP contribution in [0.25, 0.3) is 27.6 Å². The predicted molar refractivity (Wildman–Crippen MR) is 161 cm³/mol. The summed E-state index contributed by atoms with van der Waals surface area (Å²) in [6.07, 6.45) is 1.78. The van der Waals surface area contributed by atoms with E-state index < -0.39 is 0 Å². The van der Waals surface area contributed by atoms with Crippen LogP contribution in [0.15, 0.2) is 109 Å². The number of para-hydroxylation sites is 3. The SMILES string of the molecule is CC(C)N1CN(c2cccc(Oc3cc(C#N)c4c5ccccc5n(-c5ccccn5)c4c3)c2)c2ccccc21. The molecule has 194 valence electrons. The number of nitriles is 1. The molecule has 0 spiro atoms. The molecule has 7 rings (SSSR count). The first-order chi connectivity index (χ1) is 19.6. The number of aromatic nitrogens is 2. The minimum Gasteiger partial charge on any atom is -0.457 e. The molecule has 1 aliphatic rings. The number of benzene rings is 4. The highest BCUT2D eigenvalue weighted by Gasteiger charge is 2.28. The number of hydrogen-bond donors (Lipinski definition) is 0. The van der Waals surface area contributed by atoms with Crippen molar-refractivity contribution in [2.75, 3.05) is 16.5 Å². The summed E-state index contributed by atoms with van der Waals surface area (Å²) in [5.74, 6) is 2.10. The van der Waals surface area contributed by atoms with Gasteiger partial charge in [-0.05, 0) is 62.4 Å². The fraction of sp³-hybridized carbons (Fsp3) is 0.118. The van der Waals surface area contributed by atoms with E-state index in [0.717, 1.165) is 40.0 Å². The van der Waals surface area contributed by atoms with Crippen molar-refractivity contribution in [1.29, 1.82) is 5.26 Å². The molecule has 40 heavy (non-hydrogen) atoms. The van der Waals surface area contributed by atoms with Gasteiger partial charge in [-0.2, -0.15) is 5.26 Å². The van der Waals surface area contributed by atoms with Crippen LogP contribution in [0.2, 0.25) is 0 Å². The van der Waals surface area contributed by atoms with Crippen LogP contribution in [-0.2, 0) is 0 Å². The minimum absolute atomic E-state index is 0.382. The minimum atomic E-state index is 0.382. The molecule has 0 N–H and O–H groups in total. The summed E-state index contributed by atoms with van der Waals surface area (Å²) in [5.41, 5.74) is 5.91. The first-order valence-corrected chi connectivity index (χ1v) is 13.4. The van der Waals surface area contributed by atoms with Crippen molar-refractivity contribution < 1.29 is 4.74 Å². The smallest absolute Gasteiger partial charge is 0.137 e. The van der Waals surface area contributed by atoms with Crippen molar-refractivity contribution in [3.05, 3.63) is 115 Å². The van der Waals surface area contributed by atoms with Gasteiger partial charge in [0.25, 0.3) is 0 Å². The molecule has 6 nitrogen and oxygen atoms in total. The van der Waals surface area contributed by atoms with Crippen LogP contribution in [0, 0.1) is 11.3 Å². The Morgan fingerprint density at radius 1 is 0.800 bits per heavy atom. The van der Waals surface area contributed by atoms with E-state index in [9.17, 15) is 5.26 Å². The average molecular weight is 522 g/mol. The molecule has 4 aromatic carbocycles. The topological polar surface area (TPSA) is 57.3 Å². The summed E-state index contributed by atoms with van der Waals surface area (Å²) in [5, 5.41) is 12.1. The lowest BCUT2D eigenvalue weighted by Gasteiger charge is -2.25. The van der Waals surface area contributed by atoms with Gasteiger partial charge in [-0.25, -0.2) is 4.98 Å². The molecule has 1 aliphatic heterocycles. The highest BCUT2D eigenvalue weighted by Crippen LogP contribution is 2.43. The summed E-state index contributed by atoms with van der Waals surface area (Å²) in [4.78, 5) is 9.32. The normalized spacial score (nSPS) is 12.8.